The number of anilines is 3. The van der Waals surface area contributed by atoms with Gasteiger partial charge in [-0.3, -0.25) is 0 Å². The molecule has 1 heterocycles. The number of hydrogen-bond donors (Lipinski definition) is 2. The molecule has 3 heteroatoms. The lowest BCUT2D eigenvalue weighted by atomic mass is 9.92. The fraction of sp³-hybridized carbons (Fsp3) is 0. The summed E-state index contributed by atoms with van der Waals surface area (Å²) in [6.45, 7) is 0. The third-order valence-electron chi connectivity index (χ3n) is 10.3. The standard InChI is InChI=1S/C53H39N3/c54-51(43-17-9-3-10-18-43)37-53-50-35-45(21-22-46(50)36-52(55-53)44-19-11-4-12-20-44)42-27-33-49(34-28-42)56(47-29-23-40(24-30-47)38-13-5-1-6-14-38)48-31-25-41(26-32-48)39-15-7-2-8-16-39/h1-37,54-55H/b53-37-,54-51?. The van der Waals surface area contributed by atoms with E-state index in [4.69, 9.17) is 5.41 Å². The van der Waals surface area contributed by atoms with Gasteiger partial charge in [0.15, 0.2) is 0 Å². The molecule has 0 aromatic heterocycles. The molecule has 8 aromatic rings. The first-order chi connectivity index (χ1) is 27.7. The zero-order chi connectivity index (χ0) is 37.7. The van der Waals surface area contributed by atoms with Gasteiger partial charge < -0.3 is 15.6 Å². The van der Waals surface area contributed by atoms with Crippen LogP contribution in [0.5, 0.6) is 0 Å². The lowest BCUT2D eigenvalue weighted by Gasteiger charge is -2.26. The Bertz CT molecular complexity index is 2580. The highest BCUT2D eigenvalue weighted by Crippen LogP contribution is 2.39. The van der Waals surface area contributed by atoms with Crippen molar-refractivity contribution in [3.63, 3.8) is 0 Å². The first-order valence-corrected chi connectivity index (χ1v) is 18.9. The van der Waals surface area contributed by atoms with E-state index in [-0.39, 0.29) is 0 Å². The maximum atomic E-state index is 8.97. The first kappa shape index (κ1) is 34.3. The van der Waals surface area contributed by atoms with E-state index in [2.05, 4.69) is 192 Å². The second kappa shape index (κ2) is 15.5. The lowest BCUT2D eigenvalue weighted by Crippen LogP contribution is -2.17. The number of rotatable bonds is 9. The summed E-state index contributed by atoms with van der Waals surface area (Å²) >= 11 is 0. The van der Waals surface area contributed by atoms with Crippen LogP contribution in [0.25, 0.3) is 50.9 Å². The van der Waals surface area contributed by atoms with Gasteiger partial charge in [0.05, 0.1) is 5.71 Å². The molecule has 0 saturated carbocycles. The van der Waals surface area contributed by atoms with Crippen molar-refractivity contribution < 1.29 is 0 Å². The molecule has 266 valence electrons. The minimum absolute atomic E-state index is 0.455. The average Bonchev–Trinajstić information content (AvgIpc) is 3.28. The Balaban J connectivity index is 1.07. The van der Waals surface area contributed by atoms with Crippen LogP contribution in [0.4, 0.5) is 17.1 Å². The second-order valence-corrected chi connectivity index (χ2v) is 13.9. The van der Waals surface area contributed by atoms with Crippen LogP contribution in [-0.2, 0) is 0 Å². The number of nitrogens with zero attached hydrogens (tertiary/aromatic N) is 1. The van der Waals surface area contributed by atoms with Crippen LogP contribution in [0.15, 0.2) is 218 Å². The van der Waals surface area contributed by atoms with Gasteiger partial charge in [-0.2, -0.15) is 0 Å². The molecule has 3 nitrogen and oxygen atoms in total. The Hall–Kier alpha value is -7.49. The van der Waals surface area contributed by atoms with E-state index in [1.165, 1.54) is 22.3 Å². The van der Waals surface area contributed by atoms with Crippen LogP contribution >= 0.6 is 0 Å². The van der Waals surface area contributed by atoms with E-state index in [9.17, 15) is 0 Å². The van der Waals surface area contributed by atoms with Crippen molar-refractivity contribution in [1.29, 1.82) is 5.41 Å². The topological polar surface area (TPSA) is 39.1 Å². The highest BCUT2D eigenvalue weighted by molar-refractivity contribution is 6.12. The SMILES string of the molecule is N=C(/C=C1\NC(c2ccccc2)=Cc2ccc(-c3ccc(N(c4ccc(-c5ccccc5)cc4)c4ccc(-c5ccccc5)cc4)cc3)cc21)c1ccccc1. The van der Waals surface area contributed by atoms with E-state index in [1.54, 1.807) is 0 Å². The first-order valence-electron chi connectivity index (χ1n) is 18.9. The van der Waals surface area contributed by atoms with E-state index >= 15 is 0 Å². The summed E-state index contributed by atoms with van der Waals surface area (Å²) in [6, 6.07) is 74.3. The summed E-state index contributed by atoms with van der Waals surface area (Å²) in [7, 11) is 0. The highest BCUT2D eigenvalue weighted by atomic mass is 15.1. The van der Waals surface area contributed by atoms with Crippen molar-refractivity contribution in [3.05, 3.63) is 241 Å². The van der Waals surface area contributed by atoms with Gasteiger partial charge in [0.2, 0.25) is 0 Å². The molecule has 56 heavy (non-hydrogen) atoms. The van der Waals surface area contributed by atoms with E-state index in [0.717, 1.165) is 61.8 Å². The van der Waals surface area contributed by atoms with Gasteiger partial charge in [-0.25, -0.2) is 0 Å². The molecule has 0 atom stereocenters. The molecule has 1 aliphatic rings. The molecule has 0 aliphatic carbocycles. The van der Waals surface area contributed by atoms with Gasteiger partial charge in [-0.1, -0.05) is 170 Å². The number of hydrogen-bond acceptors (Lipinski definition) is 3. The van der Waals surface area contributed by atoms with Gasteiger partial charge in [0, 0.05) is 34.0 Å². The molecular weight excluding hydrogens is 679 g/mol. The Morgan fingerprint density at radius 3 is 1.29 bits per heavy atom. The van der Waals surface area contributed by atoms with Crippen LogP contribution < -0.4 is 10.2 Å². The normalized spacial score (nSPS) is 12.6. The highest BCUT2D eigenvalue weighted by Gasteiger charge is 2.19. The third-order valence-corrected chi connectivity index (χ3v) is 10.3. The van der Waals surface area contributed by atoms with Crippen LogP contribution in [0.3, 0.4) is 0 Å². The smallest absolute Gasteiger partial charge is 0.0633 e. The Morgan fingerprint density at radius 1 is 0.411 bits per heavy atom. The number of benzene rings is 8. The minimum Gasteiger partial charge on any atom is -0.354 e. The van der Waals surface area contributed by atoms with E-state index in [0.29, 0.717) is 5.71 Å². The Labute approximate surface area is 328 Å². The van der Waals surface area contributed by atoms with Crippen LogP contribution in [-0.4, -0.2) is 5.71 Å². The molecule has 0 unspecified atom stereocenters. The van der Waals surface area contributed by atoms with Crippen molar-refractivity contribution in [2.45, 2.75) is 0 Å². The monoisotopic (exact) mass is 717 g/mol. The molecule has 9 rings (SSSR count). The quantitative estimate of drug-likeness (QED) is 0.146. The summed E-state index contributed by atoms with van der Waals surface area (Å²) in [5, 5.41) is 12.6. The molecule has 0 saturated heterocycles. The summed E-state index contributed by atoms with van der Waals surface area (Å²) < 4.78 is 0. The second-order valence-electron chi connectivity index (χ2n) is 13.9. The lowest BCUT2D eigenvalue weighted by molar-refractivity contribution is 1.22. The predicted molar refractivity (Wildman–Crippen MR) is 236 cm³/mol. The van der Waals surface area contributed by atoms with Gasteiger partial charge in [-0.15, -0.1) is 0 Å². The Morgan fingerprint density at radius 2 is 0.804 bits per heavy atom. The Kier molecular flexibility index (Phi) is 9.47. The van der Waals surface area contributed by atoms with Crippen molar-refractivity contribution in [2.75, 3.05) is 4.90 Å². The summed E-state index contributed by atoms with van der Waals surface area (Å²) in [6.07, 6.45) is 4.14. The van der Waals surface area contributed by atoms with Gasteiger partial charge >= 0.3 is 0 Å². The van der Waals surface area contributed by atoms with Gasteiger partial charge in [-0.05, 0) is 105 Å². The van der Waals surface area contributed by atoms with Gasteiger partial charge in [0.1, 0.15) is 0 Å². The molecule has 8 aromatic carbocycles. The van der Waals surface area contributed by atoms with Crippen molar-refractivity contribution >= 4 is 40.2 Å². The molecule has 0 radical (unpaired) electrons. The van der Waals surface area contributed by atoms with E-state index in [1.807, 2.05) is 42.5 Å². The largest absolute Gasteiger partial charge is 0.354 e. The fourth-order valence-electron chi connectivity index (χ4n) is 7.35. The molecule has 1 aliphatic heterocycles. The molecule has 2 N–H and O–H groups in total. The summed E-state index contributed by atoms with van der Waals surface area (Å²) in [5.41, 5.74) is 16.7. The van der Waals surface area contributed by atoms with Crippen LogP contribution in [0.2, 0.25) is 0 Å². The van der Waals surface area contributed by atoms with E-state index < -0.39 is 0 Å². The third kappa shape index (κ3) is 7.22. The van der Waals surface area contributed by atoms with Crippen molar-refractivity contribution in [3.8, 4) is 33.4 Å². The van der Waals surface area contributed by atoms with Crippen molar-refractivity contribution in [2.24, 2.45) is 0 Å². The number of fused-ring (bicyclic) bond motifs is 1. The molecule has 0 fully saturated rings. The number of nitrogens with one attached hydrogen (secondary N) is 2. The molecule has 0 amide bonds. The summed E-state index contributed by atoms with van der Waals surface area (Å²) in [5.74, 6) is 0. The molecular formula is C53H39N3. The van der Waals surface area contributed by atoms with Gasteiger partial charge in [0.25, 0.3) is 0 Å². The number of allylic oxidation sites excluding steroid dienone is 1. The summed E-state index contributed by atoms with van der Waals surface area (Å²) in [4.78, 5) is 2.32. The van der Waals surface area contributed by atoms with Crippen LogP contribution in [0.1, 0.15) is 22.3 Å². The molecule has 0 spiro atoms. The predicted octanol–water partition coefficient (Wildman–Crippen LogP) is 13.7. The van der Waals surface area contributed by atoms with Crippen molar-refractivity contribution in [1.82, 2.24) is 5.32 Å². The zero-order valence-electron chi connectivity index (χ0n) is 30.8. The zero-order valence-corrected chi connectivity index (χ0v) is 30.8. The maximum Gasteiger partial charge on any atom is 0.0633 e. The fourth-order valence-corrected chi connectivity index (χ4v) is 7.35. The minimum atomic E-state index is 0.455. The maximum absolute atomic E-state index is 8.97. The molecule has 0 bridgehead atoms. The van der Waals surface area contributed by atoms with Crippen LogP contribution in [0, 0.1) is 5.41 Å². The average molecular weight is 718 g/mol.